The number of amides is 1. The summed E-state index contributed by atoms with van der Waals surface area (Å²) in [5, 5.41) is 6.19. The first-order valence-electron chi connectivity index (χ1n) is 6.64. The van der Waals surface area contributed by atoms with Gasteiger partial charge in [0.25, 0.3) is 0 Å². The standard InChI is InChI=1S/C15H18N2O2/c1-19-15(18)17-12-7-5-11(6-8-12)16-14-9-10-3-2-4-13(10)14/h2,4-8,10,13-14,16H,3,9H2,1H3,(H,17,18). The van der Waals surface area contributed by atoms with Gasteiger partial charge in [-0.25, -0.2) is 4.79 Å². The van der Waals surface area contributed by atoms with E-state index in [1.165, 1.54) is 20.0 Å². The van der Waals surface area contributed by atoms with Crippen molar-refractivity contribution in [3.8, 4) is 0 Å². The number of fused-ring (bicyclic) bond motifs is 1. The van der Waals surface area contributed by atoms with Crippen molar-refractivity contribution in [2.24, 2.45) is 11.8 Å². The van der Waals surface area contributed by atoms with E-state index in [1.54, 1.807) is 0 Å². The number of benzene rings is 1. The molecule has 4 heteroatoms. The SMILES string of the molecule is COC(=O)Nc1ccc(NC2CC3CC=CC32)cc1. The number of anilines is 2. The molecular weight excluding hydrogens is 240 g/mol. The number of carbonyl (C=O) groups is 1. The van der Waals surface area contributed by atoms with Crippen LogP contribution in [0.5, 0.6) is 0 Å². The highest BCUT2D eigenvalue weighted by molar-refractivity contribution is 5.84. The third-order valence-electron chi connectivity index (χ3n) is 4.03. The first kappa shape index (κ1) is 12.1. The van der Waals surface area contributed by atoms with E-state index in [1.807, 2.05) is 24.3 Å². The lowest BCUT2D eigenvalue weighted by molar-refractivity contribution is 0.187. The summed E-state index contributed by atoms with van der Waals surface area (Å²) in [5.74, 6) is 1.56. The van der Waals surface area contributed by atoms with Crippen molar-refractivity contribution in [1.82, 2.24) is 0 Å². The van der Waals surface area contributed by atoms with Crippen LogP contribution in [0.1, 0.15) is 12.8 Å². The van der Waals surface area contributed by atoms with Gasteiger partial charge >= 0.3 is 6.09 Å². The van der Waals surface area contributed by atoms with Gasteiger partial charge in [-0.05, 0) is 43.0 Å². The molecule has 100 valence electrons. The number of nitrogens with one attached hydrogen (secondary N) is 2. The van der Waals surface area contributed by atoms with Crippen molar-refractivity contribution in [1.29, 1.82) is 0 Å². The average molecular weight is 258 g/mol. The molecule has 0 spiro atoms. The number of rotatable bonds is 3. The molecule has 2 N–H and O–H groups in total. The molecule has 3 unspecified atom stereocenters. The second kappa shape index (κ2) is 4.96. The predicted octanol–water partition coefficient (Wildman–Crippen LogP) is 3.24. The maximum atomic E-state index is 11.1. The van der Waals surface area contributed by atoms with E-state index in [0.29, 0.717) is 12.0 Å². The molecule has 0 heterocycles. The molecular formula is C15H18N2O2. The van der Waals surface area contributed by atoms with E-state index in [4.69, 9.17) is 0 Å². The van der Waals surface area contributed by atoms with Crippen LogP contribution < -0.4 is 10.6 Å². The Morgan fingerprint density at radius 1 is 1.26 bits per heavy atom. The van der Waals surface area contributed by atoms with Crippen LogP contribution >= 0.6 is 0 Å². The minimum atomic E-state index is -0.446. The van der Waals surface area contributed by atoms with Gasteiger partial charge in [0, 0.05) is 23.3 Å². The number of ether oxygens (including phenoxy) is 1. The largest absolute Gasteiger partial charge is 0.453 e. The number of hydrogen-bond acceptors (Lipinski definition) is 3. The van der Waals surface area contributed by atoms with Crippen molar-refractivity contribution in [2.45, 2.75) is 18.9 Å². The lowest BCUT2D eigenvalue weighted by atomic mass is 9.71. The van der Waals surface area contributed by atoms with E-state index < -0.39 is 6.09 Å². The number of hydrogen-bond donors (Lipinski definition) is 2. The van der Waals surface area contributed by atoms with E-state index in [0.717, 1.165) is 17.3 Å². The molecule has 1 aromatic carbocycles. The Morgan fingerprint density at radius 2 is 2.00 bits per heavy atom. The van der Waals surface area contributed by atoms with Gasteiger partial charge in [0.2, 0.25) is 0 Å². The fourth-order valence-electron chi connectivity index (χ4n) is 2.92. The summed E-state index contributed by atoms with van der Waals surface area (Å²) >= 11 is 0. The molecule has 2 aliphatic rings. The van der Waals surface area contributed by atoms with Crippen LogP contribution in [0.25, 0.3) is 0 Å². The fraction of sp³-hybridized carbons (Fsp3) is 0.400. The molecule has 0 bridgehead atoms. The van der Waals surface area contributed by atoms with Crippen molar-refractivity contribution in [3.63, 3.8) is 0 Å². The molecule has 19 heavy (non-hydrogen) atoms. The first-order chi connectivity index (χ1) is 9.26. The molecule has 0 saturated heterocycles. The summed E-state index contributed by atoms with van der Waals surface area (Å²) in [6.45, 7) is 0. The summed E-state index contributed by atoms with van der Waals surface area (Å²) in [6.07, 6.45) is 6.67. The van der Waals surface area contributed by atoms with Crippen molar-refractivity contribution >= 4 is 17.5 Å². The van der Waals surface area contributed by atoms with Crippen LogP contribution in [-0.2, 0) is 4.74 Å². The molecule has 2 aliphatic carbocycles. The Balaban J connectivity index is 1.57. The van der Waals surface area contributed by atoms with Gasteiger partial charge in [0.05, 0.1) is 7.11 Å². The smallest absolute Gasteiger partial charge is 0.411 e. The summed E-state index contributed by atoms with van der Waals surface area (Å²) in [5.41, 5.74) is 1.84. The second-order valence-electron chi connectivity index (χ2n) is 5.18. The molecule has 4 nitrogen and oxygen atoms in total. The highest BCUT2D eigenvalue weighted by atomic mass is 16.5. The van der Waals surface area contributed by atoms with Crippen LogP contribution in [0.2, 0.25) is 0 Å². The normalized spacial score (nSPS) is 27.3. The Morgan fingerprint density at radius 3 is 2.68 bits per heavy atom. The number of allylic oxidation sites excluding steroid dienone is 1. The van der Waals surface area contributed by atoms with E-state index in [-0.39, 0.29) is 0 Å². The Kier molecular flexibility index (Phi) is 3.15. The van der Waals surface area contributed by atoms with Crippen LogP contribution in [0.15, 0.2) is 36.4 Å². The maximum Gasteiger partial charge on any atom is 0.411 e. The third-order valence-corrected chi connectivity index (χ3v) is 4.03. The zero-order valence-corrected chi connectivity index (χ0v) is 10.9. The minimum absolute atomic E-state index is 0.446. The lowest BCUT2D eigenvalue weighted by Gasteiger charge is -2.41. The highest BCUT2D eigenvalue weighted by Gasteiger charge is 2.40. The zero-order valence-electron chi connectivity index (χ0n) is 10.9. The highest BCUT2D eigenvalue weighted by Crippen LogP contribution is 2.44. The van der Waals surface area contributed by atoms with Gasteiger partial charge < -0.3 is 10.1 Å². The molecule has 1 fully saturated rings. The predicted molar refractivity (Wildman–Crippen MR) is 75.2 cm³/mol. The third kappa shape index (κ3) is 2.43. The first-order valence-corrected chi connectivity index (χ1v) is 6.64. The molecule has 1 amide bonds. The monoisotopic (exact) mass is 258 g/mol. The topological polar surface area (TPSA) is 50.4 Å². The van der Waals surface area contributed by atoms with Gasteiger partial charge in [0.1, 0.15) is 0 Å². The Bertz CT molecular complexity index is 495. The average Bonchev–Trinajstić information content (AvgIpc) is 2.79. The number of methoxy groups -OCH3 is 1. The second-order valence-corrected chi connectivity index (χ2v) is 5.18. The van der Waals surface area contributed by atoms with Gasteiger partial charge in [-0.3, -0.25) is 5.32 Å². The van der Waals surface area contributed by atoms with Crippen molar-refractivity contribution in [2.75, 3.05) is 17.7 Å². The van der Waals surface area contributed by atoms with Crippen LogP contribution in [0.3, 0.4) is 0 Å². The van der Waals surface area contributed by atoms with Crippen LogP contribution in [0.4, 0.5) is 16.2 Å². The van der Waals surface area contributed by atoms with E-state index in [2.05, 4.69) is 27.5 Å². The summed E-state index contributed by atoms with van der Waals surface area (Å²) in [6, 6.07) is 8.28. The van der Waals surface area contributed by atoms with E-state index in [9.17, 15) is 4.79 Å². The van der Waals surface area contributed by atoms with Crippen LogP contribution in [-0.4, -0.2) is 19.2 Å². The van der Waals surface area contributed by atoms with Gasteiger partial charge in [-0.1, -0.05) is 12.2 Å². The molecule has 1 saturated carbocycles. The molecule has 1 aromatic rings. The summed E-state index contributed by atoms with van der Waals surface area (Å²) < 4.78 is 4.55. The molecule has 0 aliphatic heterocycles. The molecule has 0 aromatic heterocycles. The quantitative estimate of drug-likeness (QED) is 0.818. The Hall–Kier alpha value is -1.97. The summed E-state index contributed by atoms with van der Waals surface area (Å²) in [4.78, 5) is 11.1. The summed E-state index contributed by atoms with van der Waals surface area (Å²) in [7, 11) is 1.35. The van der Waals surface area contributed by atoms with Crippen LogP contribution in [0, 0.1) is 11.8 Å². The van der Waals surface area contributed by atoms with Gasteiger partial charge in [-0.2, -0.15) is 0 Å². The number of carbonyl (C=O) groups excluding carboxylic acids is 1. The van der Waals surface area contributed by atoms with Gasteiger partial charge in [0.15, 0.2) is 0 Å². The zero-order chi connectivity index (χ0) is 13.2. The van der Waals surface area contributed by atoms with Crippen molar-refractivity contribution in [3.05, 3.63) is 36.4 Å². The van der Waals surface area contributed by atoms with E-state index >= 15 is 0 Å². The lowest BCUT2D eigenvalue weighted by Crippen LogP contribution is -2.43. The molecule has 3 atom stereocenters. The maximum absolute atomic E-state index is 11.1. The molecule has 3 rings (SSSR count). The molecule has 0 radical (unpaired) electrons. The fourth-order valence-corrected chi connectivity index (χ4v) is 2.92. The van der Waals surface area contributed by atoms with Gasteiger partial charge in [-0.15, -0.1) is 0 Å². The Labute approximate surface area is 112 Å². The minimum Gasteiger partial charge on any atom is -0.453 e. The van der Waals surface area contributed by atoms with Crippen molar-refractivity contribution < 1.29 is 9.53 Å².